The summed E-state index contributed by atoms with van der Waals surface area (Å²) >= 11 is 0. The van der Waals surface area contributed by atoms with Crippen LogP contribution in [0.2, 0.25) is 0 Å². The molecule has 0 spiro atoms. The number of nitrogens with one attached hydrogen (secondary N) is 2. The van der Waals surface area contributed by atoms with Crippen molar-refractivity contribution in [2.24, 2.45) is 0 Å². The van der Waals surface area contributed by atoms with Gasteiger partial charge < -0.3 is 10.6 Å². The Morgan fingerprint density at radius 1 is 1.57 bits per heavy atom. The normalized spacial score (nSPS) is 21.2. The predicted molar refractivity (Wildman–Crippen MR) is 76.6 cm³/mol. The van der Waals surface area contributed by atoms with Crippen molar-refractivity contribution in [3.05, 3.63) is 34.1 Å². The third-order valence-electron chi connectivity index (χ3n) is 3.76. The number of carbonyl (C=O) groups excluding carboxylic acids is 1. The predicted octanol–water partition coefficient (Wildman–Crippen LogP) is 2.59. The fourth-order valence-electron chi connectivity index (χ4n) is 2.73. The van der Waals surface area contributed by atoms with Crippen molar-refractivity contribution in [3.8, 4) is 0 Å². The molecular weight excluding hydrogens is 277 g/mol. The van der Waals surface area contributed by atoms with Gasteiger partial charge in [0.05, 0.1) is 10.5 Å². The lowest BCUT2D eigenvalue weighted by atomic mass is 9.91. The van der Waals surface area contributed by atoms with Crippen LogP contribution in [0.25, 0.3) is 0 Å². The molecule has 1 amide bonds. The largest absolute Gasteiger partial charge is 0.324 e. The molecule has 1 aliphatic heterocycles. The van der Waals surface area contributed by atoms with Crippen LogP contribution in [-0.4, -0.2) is 22.9 Å². The van der Waals surface area contributed by atoms with E-state index in [-0.39, 0.29) is 11.6 Å². The molecule has 2 N–H and O–H groups in total. The minimum Gasteiger partial charge on any atom is -0.324 e. The Hall–Kier alpha value is -2.02. The number of anilines is 1. The Kier molecular flexibility index (Phi) is 4.52. The van der Waals surface area contributed by atoms with Crippen LogP contribution < -0.4 is 10.6 Å². The van der Waals surface area contributed by atoms with Gasteiger partial charge in [-0.3, -0.25) is 14.9 Å². The molecule has 1 atom stereocenters. The summed E-state index contributed by atoms with van der Waals surface area (Å²) in [4.78, 5) is 22.4. The number of nitrogens with zero attached hydrogens (tertiary/aromatic N) is 1. The first-order chi connectivity index (χ1) is 9.98. The van der Waals surface area contributed by atoms with Crippen molar-refractivity contribution in [1.82, 2.24) is 5.32 Å². The zero-order valence-electron chi connectivity index (χ0n) is 11.8. The van der Waals surface area contributed by atoms with Gasteiger partial charge in [-0.15, -0.1) is 0 Å². The third-order valence-corrected chi connectivity index (χ3v) is 3.76. The van der Waals surface area contributed by atoms with Gasteiger partial charge in [0.1, 0.15) is 0 Å². The van der Waals surface area contributed by atoms with Crippen molar-refractivity contribution in [1.29, 1.82) is 0 Å². The number of halogens is 1. The molecule has 2 rings (SSSR count). The minimum atomic E-state index is -0.916. The fourth-order valence-corrected chi connectivity index (χ4v) is 2.73. The monoisotopic (exact) mass is 295 g/mol. The second-order valence-corrected chi connectivity index (χ2v) is 5.24. The van der Waals surface area contributed by atoms with Crippen molar-refractivity contribution in [2.45, 2.75) is 38.1 Å². The maximum absolute atomic E-state index is 13.3. The van der Waals surface area contributed by atoms with Crippen LogP contribution in [0.15, 0.2) is 18.2 Å². The Bertz CT molecular complexity index is 556. The second kappa shape index (κ2) is 6.17. The molecule has 1 aromatic carbocycles. The zero-order valence-corrected chi connectivity index (χ0v) is 11.8. The van der Waals surface area contributed by atoms with E-state index >= 15 is 0 Å². The van der Waals surface area contributed by atoms with Gasteiger partial charge in [0, 0.05) is 11.8 Å². The minimum absolute atomic E-state index is 0.220. The van der Waals surface area contributed by atoms with Crippen LogP contribution in [-0.2, 0) is 4.79 Å². The van der Waals surface area contributed by atoms with Crippen molar-refractivity contribution < 1.29 is 14.1 Å². The number of carbonyl (C=O) groups is 1. The topological polar surface area (TPSA) is 84.3 Å². The number of hydrogen-bond acceptors (Lipinski definition) is 4. The average Bonchev–Trinajstić information content (AvgIpc) is 2.91. The third kappa shape index (κ3) is 3.18. The molecule has 21 heavy (non-hydrogen) atoms. The quantitative estimate of drug-likeness (QED) is 0.646. The number of amides is 1. The molecule has 0 bridgehead atoms. The summed E-state index contributed by atoms with van der Waals surface area (Å²) in [5, 5.41) is 16.6. The molecule has 114 valence electrons. The van der Waals surface area contributed by atoms with Crippen molar-refractivity contribution in [2.75, 3.05) is 11.9 Å². The van der Waals surface area contributed by atoms with Gasteiger partial charge >= 0.3 is 5.69 Å². The number of rotatable bonds is 5. The number of nitro benzene ring substituents is 1. The van der Waals surface area contributed by atoms with Crippen molar-refractivity contribution >= 4 is 17.3 Å². The maximum atomic E-state index is 13.3. The van der Waals surface area contributed by atoms with Crippen molar-refractivity contribution in [3.63, 3.8) is 0 Å². The molecule has 1 saturated heterocycles. The highest BCUT2D eigenvalue weighted by Gasteiger charge is 2.40. The molecule has 0 saturated carbocycles. The van der Waals surface area contributed by atoms with E-state index in [1.807, 2.05) is 6.92 Å². The van der Waals surface area contributed by atoms with E-state index in [4.69, 9.17) is 0 Å². The van der Waals surface area contributed by atoms with Crippen LogP contribution in [0.4, 0.5) is 15.8 Å². The molecule has 0 aromatic heterocycles. The van der Waals surface area contributed by atoms with Gasteiger partial charge in [-0.05, 0) is 37.9 Å². The smallest absolute Gasteiger partial charge is 0.306 e. The van der Waals surface area contributed by atoms with Gasteiger partial charge in [-0.1, -0.05) is 13.3 Å². The molecule has 6 nitrogen and oxygen atoms in total. The summed E-state index contributed by atoms with van der Waals surface area (Å²) in [6, 6.07) is 3.36. The average molecular weight is 295 g/mol. The Morgan fingerprint density at radius 3 is 2.90 bits per heavy atom. The number of hydrogen-bond donors (Lipinski definition) is 2. The number of benzene rings is 1. The highest BCUT2D eigenvalue weighted by atomic mass is 19.1. The van der Waals surface area contributed by atoms with E-state index in [0.717, 1.165) is 37.9 Å². The summed E-state index contributed by atoms with van der Waals surface area (Å²) in [6.45, 7) is 2.77. The molecule has 1 aromatic rings. The summed E-state index contributed by atoms with van der Waals surface area (Å²) in [5.41, 5.74) is -1.04. The summed E-state index contributed by atoms with van der Waals surface area (Å²) in [7, 11) is 0. The lowest BCUT2D eigenvalue weighted by molar-refractivity contribution is -0.387. The summed E-state index contributed by atoms with van der Waals surface area (Å²) < 4.78 is 13.3. The van der Waals surface area contributed by atoms with Gasteiger partial charge in [-0.25, -0.2) is 0 Å². The van der Waals surface area contributed by atoms with Crippen LogP contribution in [0.3, 0.4) is 0 Å². The molecule has 1 aliphatic rings. The SMILES string of the molecule is CCCC1(C(=O)Nc2ccc(F)c([N+](=O)[O-])c2)CCCN1. The highest BCUT2D eigenvalue weighted by molar-refractivity contribution is 5.98. The molecule has 0 aliphatic carbocycles. The van der Waals surface area contributed by atoms with E-state index in [0.29, 0.717) is 6.42 Å². The molecular formula is C14H18FN3O3. The van der Waals surface area contributed by atoms with E-state index in [9.17, 15) is 19.3 Å². The van der Waals surface area contributed by atoms with Gasteiger partial charge in [0.2, 0.25) is 11.7 Å². The Morgan fingerprint density at radius 2 is 2.33 bits per heavy atom. The van der Waals surface area contributed by atoms with Crippen LogP contribution in [0, 0.1) is 15.9 Å². The van der Waals surface area contributed by atoms with Gasteiger partial charge in [0.25, 0.3) is 0 Å². The second-order valence-electron chi connectivity index (χ2n) is 5.24. The zero-order chi connectivity index (χ0) is 15.5. The van der Waals surface area contributed by atoms with Crippen LogP contribution in [0.5, 0.6) is 0 Å². The van der Waals surface area contributed by atoms with E-state index in [1.54, 1.807) is 0 Å². The Balaban J connectivity index is 2.19. The lowest BCUT2D eigenvalue weighted by Crippen LogP contribution is -2.50. The highest BCUT2D eigenvalue weighted by Crippen LogP contribution is 2.28. The van der Waals surface area contributed by atoms with E-state index < -0.39 is 22.0 Å². The van der Waals surface area contributed by atoms with Crippen LogP contribution in [0.1, 0.15) is 32.6 Å². The number of nitro groups is 1. The first kappa shape index (κ1) is 15.4. The molecule has 1 unspecified atom stereocenters. The van der Waals surface area contributed by atoms with E-state index in [1.165, 1.54) is 6.07 Å². The molecule has 7 heteroatoms. The molecule has 1 fully saturated rings. The summed E-state index contributed by atoms with van der Waals surface area (Å²) in [5.74, 6) is -1.14. The van der Waals surface area contributed by atoms with Gasteiger partial charge in [-0.2, -0.15) is 4.39 Å². The maximum Gasteiger partial charge on any atom is 0.306 e. The summed E-state index contributed by atoms with van der Waals surface area (Å²) in [6.07, 6.45) is 3.19. The first-order valence-corrected chi connectivity index (χ1v) is 6.99. The Labute approximate surface area is 121 Å². The fraction of sp³-hybridized carbons (Fsp3) is 0.500. The van der Waals surface area contributed by atoms with E-state index in [2.05, 4.69) is 10.6 Å². The molecule has 0 radical (unpaired) electrons. The lowest BCUT2D eigenvalue weighted by Gasteiger charge is -2.27. The van der Waals surface area contributed by atoms with Gasteiger partial charge in [0.15, 0.2) is 0 Å². The van der Waals surface area contributed by atoms with Crippen LogP contribution >= 0.6 is 0 Å². The molecule has 1 heterocycles. The first-order valence-electron chi connectivity index (χ1n) is 6.99. The standard InChI is InChI=1S/C14H18FN3O3/c1-2-6-14(7-3-8-16-14)13(19)17-10-4-5-11(15)12(9-10)18(20)21/h4-5,9,16H,2-3,6-8H2,1H3,(H,17,19).